The molecule has 4 aromatic rings. The van der Waals surface area contributed by atoms with E-state index in [1.807, 2.05) is 60.7 Å². The highest BCUT2D eigenvalue weighted by molar-refractivity contribution is 7.89. The second-order valence-electron chi connectivity index (χ2n) is 7.63. The molecule has 4 rings (SSSR count). The van der Waals surface area contributed by atoms with Crippen molar-refractivity contribution in [3.8, 4) is 11.3 Å². The summed E-state index contributed by atoms with van der Waals surface area (Å²) < 4.78 is 31.9. The fraction of sp³-hybridized carbons (Fsp3) is 0.174. The van der Waals surface area contributed by atoms with E-state index in [-0.39, 0.29) is 6.54 Å². The normalized spacial score (nSPS) is 11.6. The van der Waals surface area contributed by atoms with Crippen molar-refractivity contribution < 1.29 is 8.42 Å². The van der Waals surface area contributed by atoms with Crippen LogP contribution in [0.1, 0.15) is 11.1 Å². The Labute approximate surface area is 190 Å². The molecule has 0 aliphatic rings. The van der Waals surface area contributed by atoms with E-state index in [4.69, 9.17) is 0 Å². The Hall–Kier alpha value is -3.76. The maximum Gasteiger partial charge on any atom is 0.330 e. The van der Waals surface area contributed by atoms with Gasteiger partial charge in [0, 0.05) is 44.2 Å². The van der Waals surface area contributed by atoms with Gasteiger partial charge in [-0.15, -0.1) is 0 Å². The van der Waals surface area contributed by atoms with Crippen LogP contribution in [0.15, 0.2) is 87.5 Å². The lowest BCUT2D eigenvalue weighted by Gasteiger charge is -2.09. The summed E-state index contributed by atoms with van der Waals surface area (Å²) in [7, 11) is -1.55. The Morgan fingerprint density at radius 2 is 1.55 bits per heavy atom. The fourth-order valence-electron chi connectivity index (χ4n) is 3.49. The van der Waals surface area contributed by atoms with Gasteiger partial charge in [0.25, 0.3) is 5.56 Å². The van der Waals surface area contributed by atoms with Crippen LogP contribution in [0.2, 0.25) is 0 Å². The zero-order chi connectivity index (χ0) is 23.6. The molecule has 0 saturated carbocycles. The van der Waals surface area contributed by atoms with Crippen molar-refractivity contribution in [2.45, 2.75) is 18.0 Å². The first-order valence-electron chi connectivity index (χ1n) is 10.2. The SMILES string of the molecule is Cn1cc(S(=O)(=O)NCc2cn(Cc3ccccc3)nc2-c2ccccc2)c(=O)n(C)c1=O. The van der Waals surface area contributed by atoms with Crippen LogP contribution in [-0.2, 0) is 37.2 Å². The molecule has 9 nitrogen and oxygen atoms in total. The Kier molecular flexibility index (Phi) is 6.12. The highest BCUT2D eigenvalue weighted by atomic mass is 32.2. The van der Waals surface area contributed by atoms with Gasteiger partial charge in [0.2, 0.25) is 10.0 Å². The first-order valence-corrected chi connectivity index (χ1v) is 11.7. The third-order valence-corrected chi connectivity index (χ3v) is 6.61. The number of sulfonamides is 1. The lowest BCUT2D eigenvalue weighted by Crippen LogP contribution is -2.41. The summed E-state index contributed by atoms with van der Waals surface area (Å²) in [6.45, 7) is 0.447. The average Bonchev–Trinajstić information content (AvgIpc) is 3.22. The Balaban J connectivity index is 1.67. The predicted octanol–water partition coefficient (Wildman–Crippen LogP) is 1.47. The summed E-state index contributed by atoms with van der Waals surface area (Å²) in [4.78, 5) is 23.8. The summed E-state index contributed by atoms with van der Waals surface area (Å²) in [5.74, 6) is 0. The molecule has 0 atom stereocenters. The van der Waals surface area contributed by atoms with E-state index in [0.717, 1.165) is 26.5 Å². The smallest absolute Gasteiger partial charge is 0.302 e. The van der Waals surface area contributed by atoms with Gasteiger partial charge in [0.1, 0.15) is 0 Å². The second kappa shape index (κ2) is 9.00. The van der Waals surface area contributed by atoms with Crippen molar-refractivity contribution in [3.05, 3.63) is 105 Å². The average molecular weight is 466 g/mol. The lowest BCUT2D eigenvalue weighted by atomic mass is 10.1. The van der Waals surface area contributed by atoms with Gasteiger partial charge in [0.05, 0.1) is 12.2 Å². The van der Waals surface area contributed by atoms with Crippen molar-refractivity contribution in [1.29, 1.82) is 0 Å². The molecule has 33 heavy (non-hydrogen) atoms. The minimum absolute atomic E-state index is 0.0760. The molecule has 2 aromatic heterocycles. The van der Waals surface area contributed by atoms with Crippen LogP contribution in [0.3, 0.4) is 0 Å². The predicted molar refractivity (Wildman–Crippen MR) is 124 cm³/mol. The number of benzene rings is 2. The molecule has 2 heterocycles. The zero-order valence-corrected chi connectivity index (χ0v) is 19.0. The third-order valence-electron chi connectivity index (χ3n) is 5.23. The summed E-state index contributed by atoms with van der Waals surface area (Å²) >= 11 is 0. The minimum atomic E-state index is -4.18. The van der Waals surface area contributed by atoms with Crippen LogP contribution in [-0.4, -0.2) is 27.3 Å². The van der Waals surface area contributed by atoms with Gasteiger partial charge >= 0.3 is 5.69 Å². The zero-order valence-electron chi connectivity index (χ0n) is 18.2. The molecule has 0 spiro atoms. The van der Waals surface area contributed by atoms with Crippen molar-refractivity contribution in [2.75, 3.05) is 0 Å². The topological polar surface area (TPSA) is 108 Å². The van der Waals surface area contributed by atoms with Crippen molar-refractivity contribution in [2.24, 2.45) is 14.1 Å². The van der Waals surface area contributed by atoms with Crippen LogP contribution < -0.4 is 16.0 Å². The van der Waals surface area contributed by atoms with Crippen LogP contribution in [0, 0.1) is 0 Å². The van der Waals surface area contributed by atoms with Gasteiger partial charge in [0.15, 0.2) is 4.90 Å². The highest BCUT2D eigenvalue weighted by Gasteiger charge is 2.22. The van der Waals surface area contributed by atoms with E-state index >= 15 is 0 Å². The molecule has 0 saturated heterocycles. The highest BCUT2D eigenvalue weighted by Crippen LogP contribution is 2.23. The van der Waals surface area contributed by atoms with Gasteiger partial charge in [-0.25, -0.2) is 17.9 Å². The molecule has 0 radical (unpaired) electrons. The molecule has 1 N–H and O–H groups in total. The van der Waals surface area contributed by atoms with E-state index in [1.165, 1.54) is 14.1 Å². The van der Waals surface area contributed by atoms with E-state index < -0.39 is 26.2 Å². The monoisotopic (exact) mass is 465 g/mol. The molecule has 10 heteroatoms. The lowest BCUT2D eigenvalue weighted by molar-refractivity contribution is 0.570. The van der Waals surface area contributed by atoms with E-state index in [1.54, 1.807) is 10.9 Å². The van der Waals surface area contributed by atoms with Gasteiger partial charge in [-0.05, 0) is 5.56 Å². The van der Waals surface area contributed by atoms with Gasteiger partial charge < -0.3 is 4.57 Å². The summed E-state index contributed by atoms with van der Waals surface area (Å²) in [6.07, 6.45) is 2.82. The number of hydrogen-bond donors (Lipinski definition) is 1. The molecule has 2 aromatic carbocycles. The van der Waals surface area contributed by atoms with Crippen molar-refractivity contribution >= 4 is 10.0 Å². The van der Waals surface area contributed by atoms with Crippen LogP contribution in [0.5, 0.6) is 0 Å². The van der Waals surface area contributed by atoms with Crippen LogP contribution >= 0.6 is 0 Å². The first-order chi connectivity index (χ1) is 15.8. The van der Waals surface area contributed by atoms with Crippen molar-refractivity contribution in [1.82, 2.24) is 23.6 Å². The van der Waals surface area contributed by atoms with Crippen LogP contribution in [0.4, 0.5) is 0 Å². The van der Waals surface area contributed by atoms with Gasteiger partial charge in [-0.2, -0.15) is 5.10 Å². The molecule has 0 aliphatic carbocycles. The summed E-state index contributed by atoms with van der Waals surface area (Å²) in [5.41, 5.74) is 1.71. The molecule has 0 aliphatic heterocycles. The minimum Gasteiger partial charge on any atom is -0.302 e. The Bertz CT molecular complexity index is 1500. The quantitative estimate of drug-likeness (QED) is 0.445. The van der Waals surface area contributed by atoms with Crippen molar-refractivity contribution in [3.63, 3.8) is 0 Å². The molecule has 0 unspecified atom stereocenters. The fourth-order valence-corrected chi connectivity index (χ4v) is 4.66. The van der Waals surface area contributed by atoms with E-state index in [9.17, 15) is 18.0 Å². The maximum atomic E-state index is 12.9. The maximum absolute atomic E-state index is 12.9. The number of rotatable bonds is 7. The van der Waals surface area contributed by atoms with E-state index in [2.05, 4.69) is 9.82 Å². The number of nitrogens with zero attached hydrogens (tertiary/aromatic N) is 4. The number of aromatic nitrogens is 4. The third kappa shape index (κ3) is 4.71. The molecule has 0 fully saturated rings. The molecular formula is C23H23N5O4S. The second-order valence-corrected chi connectivity index (χ2v) is 9.36. The first kappa shape index (κ1) is 22.4. The van der Waals surface area contributed by atoms with Gasteiger partial charge in [-0.1, -0.05) is 60.7 Å². The van der Waals surface area contributed by atoms with E-state index in [0.29, 0.717) is 17.8 Å². The number of aryl methyl sites for hydroxylation is 1. The van der Waals surface area contributed by atoms with Crippen LogP contribution in [0.25, 0.3) is 11.3 Å². The number of nitrogens with one attached hydrogen (secondary N) is 1. The molecule has 0 amide bonds. The standard InChI is InChI=1S/C23H23N5O4S/c1-26-16-20(22(29)27(2)23(26)30)33(31,32)24-13-19-15-28(14-17-9-5-3-6-10-17)25-21(19)18-11-7-4-8-12-18/h3-12,15-16,24H,13-14H2,1-2H3. The molecular weight excluding hydrogens is 442 g/mol. The number of hydrogen-bond acceptors (Lipinski definition) is 5. The Morgan fingerprint density at radius 1 is 0.909 bits per heavy atom. The van der Waals surface area contributed by atoms with Gasteiger partial charge in [-0.3, -0.25) is 14.0 Å². The largest absolute Gasteiger partial charge is 0.330 e. The summed E-state index contributed by atoms with van der Waals surface area (Å²) in [5, 5.41) is 4.68. The Morgan fingerprint density at radius 3 is 2.21 bits per heavy atom. The summed E-state index contributed by atoms with van der Waals surface area (Å²) in [6, 6.07) is 19.3. The molecule has 0 bridgehead atoms. The molecule has 170 valence electrons.